The monoisotopic (exact) mass is 518 g/mol. The molecule has 0 bridgehead atoms. The van der Waals surface area contributed by atoms with Crippen LogP contribution < -0.4 is 5.32 Å². The molecule has 2 heterocycles. The Hall–Kier alpha value is -1.87. The number of ether oxygens (including phenoxy) is 1. The van der Waals surface area contributed by atoms with Crippen molar-refractivity contribution >= 4 is 40.0 Å². The van der Waals surface area contributed by atoms with Crippen molar-refractivity contribution in [3.05, 3.63) is 21.8 Å². The van der Waals surface area contributed by atoms with Crippen LogP contribution in [-0.4, -0.2) is 39.0 Å². The van der Waals surface area contributed by atoms with Gasteiger partial charge >= 0.3 is 5.97 Å². The van der Waals surface area contributed by atoms with Gasteiger partial charge in [-0.05, 0) is 56.9 Å². The van der Waals surface area contributed by atoms with E-state index >= 15 is 0 Å². The number of thiophene rings is 1. The number of aryl methyl sites for hydroxylation is 1. The summed E-state index contributed by atoms with van der Waals surface area (Å²) >= 11 is 2.93. The van der Waals surface area contributed by atoms with Crippen LogP contribution in [0.5, 0.6) is 0 Å². The molecule has 35 heavy (non-hydrogen) atoms. The average molecular weight is 519 g/mol. The number of carbonyl (C=O) groups is 2. The van der Waals surface area contributed by atoms with Crippen LogP contribution in [-0.2, 0) is 35.3 Å². The first kappa shape index (κ1) is 26.2. The van der Waals surface area contributed by atoms with Crippen LogP contribution in [0.2, 0.25) is 0 Å². The zero-order valence-corrected chi connectivity index (χ0v) is 22.9. The quantitative estimate of drug-likeness (QED) is 0.311. The molecule has 192 valence electrons. The van der Waals surface area contributed by atoms with Gasteiger partial charge in [-0.3, -0.25) is 4.79 Å². The number of amides is 1. The lowest BCUT2D eigenvalue weighted by Crippen LogP contribution is -2.18. The predicted octanol–water partition coefficient (Wildman–Crippen LogP) is 5.90. The molecule has 1 N–H and O–H groups in total. The summed E-state index contributed by atoms with van der Waals surface area (Å²) in [6, 6.07) is 0. The topological polar surface area (TPSA) is 86.1 Å². The highest BCUT2D eigenvalue weighted by molar-refractivity contribution is 7.99. The number of esters is 1. The van der Waals surface area contributed by atoms with Gasteiger partial charge in [0.05, 0.1) is 17.9 Å². The predicted molar refractivity (Wildman–Crippen MR) is 141 cm³/mol. The second-order valence-electron chi connectivity index (χ2n) is 9.80. The Bertz CT molecular complexity index is 1030. The smallest absolute Gasteiger partial charge is 0.341 e. The van der Waals surface area contributed by atoms with E-state index in [2.05, 4.69) is 33.9 Å². The third kappa shape index (κ3) is 6.47. The summed E-state index contributed by atoms with van der Waals surface area (Å²) in [7, 11) is 0. The van der Waals surface area contributed by atoms with Crippen molar-refractivity contribution in [1.82, 2.24) is 14.8 Å². The van der Waals surface area contributed by atoms with Gasteiger partial charge in [0, 0.05) is 17.8 Å². The highest BCUT2D eigenvalue weighted by Crippen LogP contribution is 2.40. The van der Waals surface area contributed by atoms with E-state index in [0.717, 1.165) is 54.7 Å². The molecule has 0 spiro atoms. The van der Waals surface area contributed by atoms with E-state index in [9.17, 15) is 9.59 Å². The first-order valence-corrected chi connectivity index (χ1v) is 15.0. The summed E-state index contributed by atoms with van der Waals surface area (Å²) in [6.45, 7) is 7.24. The van der Waals surface area contributed by atoms with Gasteiger partial charge < -0.3 is 14.6 Å². The Labute approximate surface area is 216 Å². The molecule has 7 nitrogen and oxygen atoms in total. The van der Waals surface area contributed by atoms with Crippen LogP contribution in [0.25, 0.3) is 0 Å². The van der Waals surface area contributed by atoms with Crippen molar-refractivity contribution < 1.29 is 14.3 Å². The highest BCUT2D eigenvalue weighted by atomic mass is 32.2. The van der Waals surface area contributed by atoms with Gasteiger partial charge in [-0.1, -0.05) is 50.8 Å². The number of nitrogens with one attached hydrogen (secondary N) is 1. The van der Waals surface area contributed by atoms with Gasteiger partial charge in [-0.25, -0.2) is 4.79 Å². The number of carbonyl (C=O) groups excluding carboxylic acids is 2. The summed E-state index contributed by atoms with van der Waals surface area (Å²) in [6.07, 6.45) is 11.7. The number of hydrogen-bond donors (Lipinski definition) is 1. The lowest BCUT2D eigenvalue weighted by atomic mass is 9.86. The van der Waals surface area contributed by atoms with E-state index in [0.29, 0.717) is 23.1 Å². The number of nitrogens with zero attached hydrogens (tertiary/aromatic N) is 3. The van der Waals surface area contributed by atoms with E-state index in [1.165, 1.54) is 66.5 Å². The molecule has 2 aromatic rings. The highest BCUT2D eigenvalue weighted by Gasteiger charge is 2.29. The minimum absolute atomic E-state index is 0.137. The van der Waals surface area contributed by atoms with Gasteiger partial charge in [-0.15, -0.1) is 21.5 Å². The Morgan fingerprint density at radius 3 is 2.71 bits per heavy atom. The second kappa shape index (κ2) is 12.4. The standard InChI is InChI=1S/C26H38N4O3S2/c1-4-30-21(14-12-18-9-7-6-8-10-18)28-29-26(30)34-16-22(31)27-24-23(25(32)33-5-2)19-13-11-17(3)15-20(19)35-24/h17-18H,4-16H2,1-3H3,(H,27,31). The normalized spacial score (nSPS) is 18.3. The Morgan fingerprint density at radius 2 is 1.97 bits per heavy atom. The maximum atomic E-state index is 12.9. The Morgan fingerprint density at radius 1 is 1.17 bits per heavy atom. The van der Waals surface area contributed by atoms with Crippen molar-refractivity contribution in [3.63, 3.8) is 0 Å². The first-order valence-electron chi connectivity index (χ1n) is 13.2. The molecular weight excluding hydrogens is 480 g/mol. The van der Waals surface area contributed by atoms with Crippen molar-refractivity contribution in [1.29, 1.82) is 0 Å². The summed E-state index contributed by atoms with van der Waals surface area (Å²) < 4.78 is 7.46. The molecular formula is C26H38N4O3S2. The fraction of sp³-hybridized carbons (Fsp3) is 0.692. The third-order valence-electron chi connectivity index (χ3n) is 7.19. The van der Waals surface area contributed by atoms with Crippen LogP contribution in [0.1, 0.15) is 92.3 Å². The van der Waals surface area contributed by atoms with Crippen molar-refractivity contribution in [3.8, 4) is 0 Å². The number of anilines is 1. The van der Waals surface area contributed by atoms with E-state index in [1.54, 1.807) is 6.92 Å². The summed E-state index contributed by atoms with van der Waals surface area (Å²) in [4.78, 5) is 26.8. The van der Waals surface area contributed by atoms with Crippen molar-refractivity contribution in [2.24, 2.45) is 11.8 Å². The number of thioether (sulfide) groups is 1. The van der Waals surface area contributed by atoms with Crippen LogP contribution in [0.15, 0.2) is 5.16 Å². The number of hydrogen-bond acceptors (Lipinski definition) is 7. The second-order valence-corrected chi connectivity index (χ2v) is 11.8. The zero-order valence-electron chi connectivity index (χ0n) is 21.2. The molecule has 0 radical (unpaired) electrons. The Balaban J connectivity index is 1.38. The summed E-state index contributed by atoms with van der Waals surface area (Å²) in [5, 5.41) is 13.2. The number of fused-ring (bicyclic) bond motifs is 1. The van der Waals surface area contributed by atoms with Gasteiger partial charge in [0.15, 0.2) is 5.16 Å². The van der Waals surface area contributed by atoms with Gasteiger partial charge in [0.25, 0.3) is 0 Å². The molecule has 9 heteroatoms. The molecule has 1 saturated carbocycles. The molecule has 1 fully saturated rings. The molecule has 4 rings (SSSR count). The SMILES string of the molecule is CCOC(=O)c1c(NC(=O)CSc2nnc(CCC3CCCCC3)n2CC)sc2c1CCC(C)C2. The van der Waals surface area contributed by atoms with Crippen LogP contribution >= 0.6 is 23.1 Å². The van der Waals surface area contributed by atoms with E-state index in [4.69, 9.17) is 4.74 Å². The third-order valence-corrected chi connectivity index (χ3v) is 9.32. The lowest BCUT2D eigenvalue weighted by Gasteiger charge is -2.21. The molecule has 2 aliphatic carbocycles. The fourth-order valence-corrected chi connectivity index (χ4v) is 7.52. The van der Waals surface area contributed by atoms with E-state index in [-0.39, 0.29) is 17.6 Å². The molecule has 0 saturated heterocycles. The number of aromatic nitrogens is 3. The molecule has 2 aromatic heterocycles. The molecule has 1 atom stereocenters. The molecule has 1 unspecified atom stereocenters. The minimum Gasteiger partial charge on any atom is -0.462 e. The van der Waals surface area contributed by atoms with Crippen LogP contribution in [0.4, 0.5) is 5.00 Å². The largest absolute Gasteiger partial charge is 0.462 e. The van der Waals surface area contributed by atoms with Crippen LogP contribution in [0.3, 0.4) is 0 Å². The number of rotatable bonds is 10. The Kier molecular flexibility index (Phi) is 9.27. The maximum Gasteiger partial charge on any atom is 0.341 e. The lowest BCUT2D eigenvalue weighted by molar-refractivity contribution is -0.113. The first-order chi connectivity index (χ1) is 17.0. The van der Waals surface area contributed by atoms with E-state index < -0.39 is 0 Å². The van der Waals surface area contributed by atoms with Gasteiger partial charge in [0.1, 0.15) is 10.8 Å². The van der Waals surface area contributed by atoms with E-state index in [1.807, 2.05) is 0 Å². The zero-order chi connectivity index (χ0) is 24.8. The molecule has 1 amide bonds. The molecule has 2 aliphatic rings. The van der Waals surface area contributed by atoms with Gasteiger partial charge in [-0.2, -0.15) is 0 Å². The van der Waals surface area contributed by atoms with Crippen molar-refractivity contribution in [2.45, 2.75) is 96.7 Å². The summed E-state index contributed by atoms with van der Waals surface area (Å²) in [5.41, 5.74) is 1.61. The van der Waals surface area contributed by atoms with Crippen molar-refractivity contribution in [2.75, 3.05) is 17.7 Å². The maximum absolute atomic E-state index is 12.9. The molecule has 0 aromatic carbocycles. The molecule has 0 aliphatic heterocycles. The van der Waals surface area contributed by atoms with Crippen LogP contribution in [0, 0.1) is 11.8 Å². The fourth-order valence-electron chi connectivity index (χ4n) is 5.29. The summed E-state index contributed by atoms with van der Waals surface area (Å²) in [5.74, 6) is 2.16. The van der Waals surface area contributed by atoms with Gasteiger partial charge in [0.2, 0.25) is 5.91 Å². The minimum atomic E-state index is -0.337. The average Bonchev–Trinajstić information content (AvgIpc) is 3.41.